The average molecular weight is 402 g/mol. The van der Waals surface area contributed by atoms with E-state index in [1.807, 2.05) is 49.9 Å². The molecule has 160 valence electrons. The molecule has 1 saturated carbocycles. The molecule has 1 aromatic rings. The van der Waals surface area contributed by atoms with Gasteiger partial charge in [0.2, 0.25) is 5.91 Å². The molecular formula is C23H35N3O3. The quantitative estimate of drug-likeness (QED) is 0.535. The molecule has 0 radical (unpaired) electrons. The third kappa shape index (κ3) is 6.03. The summed E-state index contributed by atoms with van der Waals surface area (Å²) in [6.45, 7) is 10.8. The molecule has 0 aromatic heterocycles. The number of nitrogens with two attached hydrogens (primary N) is 1. The monoisotopic (exact) mass is 401 g/mol. The number of carbonyl (C=O) groups is 2. The molecule has 6 nitrogen and oxygen atoms in total. The molecule has 2 fully saturated rings. The highest BCUT2D eigenvalue weighted by molar-refractivity contribution is 5.99. The maximum Gasteiger partial charge on any atom is 0.240 e. The number of nitrogens with zero attached hydrogens (tertiary/aromatic N) is 2. The van der Waals surface area contributed by atoms with Crippen LogP contribution in [0.4, 0.5) is 0 Å². The third-order valence-electron chi connectivity index (χ3n) is 5.86. The maximum atomic E-state index is 12.5. The van der Waals surface area contributed by atoms with E-state index < -0.39 is 6.04 Å². The van der Waals surface area contributed by atoms with Gasteiger partial charge in [0, 0.05) is 44.2 Å². The number of ether oxygens (including phenoxy) is 1. The van der Waals surface area contributed by atoms with Gasteiger partial charge in [-0.1, -0.05) is 20.8 Å². The van der Waals surface area contributed by atoms with E-state index in [1.54, 1.807) is 0 Å². The number of benzene rings is 1. The Balaban J connectivity index is 1.33. The number of carbonyl (C=O) groups excluding carboxylic acids is 2. The predicted octanol–water partition coefficient (Wildman–Crippen LogP) is 2.57. The molecule has 1 aliphatic heterocycles. The largest absolute Gasteiger partial charge is 0.494 e. The molecule has 2 aliphatic rings. The van der Waals surface area contributed by atoms with Crippen molar-refractivity contribution in [1.82, 2.24) is 9.80 Å². The van der Waals surface area contributed by atoms with E-state index in [1.165, 1.54) is 0 Å². The highest BCUT2D eigenvalue weighted by Gasteiger charge is 2.32. The van der Waals surface area contributed by atoms with Gasteiger partial charge in [0.1, 0.15) is 5.75 Å². The first kappa shape index (κ1) is 21.8. The lowest BCUT2D eigenvalue weighted by Gasteiger charge is -2.38. The molecule has 1 amide bonds. The Morgan fingerprint density at radius 2 is 1.72 bits per heavy atom. The SMILES string of the molecule is CC(C)(C)[C@@H](N)C(=O)N1CCN(CCCOc2ccc(C(=O)C3CC3)cc2)CC1. The fourth-order valence-corrected chi connectivity index (χ4v) is 3.53. The Hall–Kier alpha value is -1.92. The number of rotatable bonds is 8. The van der Waals surface area contributed by atoms with Gasteiger partial charge in [0.25, 0.3) is 0 Å². The fourth-order valence-electron chi connectivity index (χ4n) is 3.53. The van der Waals surface area contributed by atoms with Crippen LogP contribution in [0, 0.1) is 11.3 Å². The van der Waals surface area contributed by atoms with Crippen molar-refractivity contribution in [3.05, 3.63) is 29.8 Å². The van der Waals surface area contributed by atoms with Crippen molar-refractivity contribution in [3.8, 4) is 5.75 Å². The zero-order valence-corrected chi connectivity index (χ0v) is 18.0. The van der Waals surface area contributed by atoms with E-state index in [0.29, 0.717) is 6.61 Å². The molecule has 29 heavy (non-hydrogen) atoms. The molecule has 1 heterocycles. The van der Waals surface area contributed by atoms with Gasteiger partial charge in [-0.3, -0.25) is 14.5 Å². The van der Waals surface area contributed by atoms with Crippen LogP contribution >= 0.6 is 0 Å². The van der Waals surface area contributed by atoms with Crippen molar-refractivity contribution in [3.63, 3.8) is 0 Å². The lowest BCUT2D eigenvalue weighted by atomic mass is 9.86. The molecule has 3 rings (SSSR count). The first-order chi connectivity index (χ1) is 13.8. The lowest BCUT2D eigenvalue weighted by Crippen LogP contribution is -2.56. The van der Waals surface area contributed by atoms with Crippen LogP contribution in [0.2, 0.25) is 0 Å². The topological polar surface area (TPSA) is 75.9 Å². The molecule has 0 spiro atoms. The van der Waals surface area contributed by atoms with Crippen molar-refractivity contribution in [2.24, 2.45) is 17.1 Å². The molecule has 1 aliphatic carbocycles. The minimum atomic E-state index is -0.451. The van der Waals surface area contributed by atoms with Crippen LogP contribution in [0.25, 0.3) is 0 Å². The van der Waals surface area contributed by atoms with Crippen LogP contribution in [0.1, 0.15) is 50.4 Å². The Morgan fingerprint density at radius 1 is 1.10 bits per heavy atom. The van der Waals surface area contributed by atoms with Crippen LogP contribution in [-0.2, 0) is 4.79 Å². The zero-order valence-electron chi connectivity index (χ0n) is 18.0. The summed E-state index contributed by atoms with van der Waals surface area (Å²) in [6.07, 6.45) is 2.99. The van der Waals surface area contributed by atoms with Gasteiger partial charge in [-0.15, -0.1) is 0 Å². The zero-order chi connectivity index (χ0) is 21.0. The van der Waals surface area contributed by atoms with Gasteiger partial charge < -0.3 is 15.4 Å². The molecule has 1 atom stereocenters. The Kier molecular flexibility index (Phi) is 6.96. The van der Waals surface area contributed by atoms with E-state index >= 15 is 0 Å². The predicted molar refractivity (Wildman–Crippen MR) is 114 cm³/mol. The third-order valence-corrected chi connectivity index (χ3v) is 5.86. The van der Waals surface area contributed by atoms with Crippen molar-refractivity contribution >= 4 is 11.7 Å². The van der Waals surface area contributed by atoms with Crippen molar-refractivity contribution in [1.29, 1.82) is 0 Å². The minimum absolute atomic E-state index is 0.0593. The Morgan fingerprint density at radius 3 is 2.28 bits per heavy atom. The molecule has 1 saturated heterocycles. The Bertz CT molecular complexity index is 699. The molecule has 0 bridgehead atoms. The normalized spacial score (nSPS) is 19.1. The van der Waals surface area contributed by atoms with Gasteiger partial charge in [-0.05, 0) is 48.9 Å². The summed E-state index contributed by atoms with van der Waals surface area (Å²) < 4.78 is 5.82. The van der Waals surface area contributed by atoms with Gasteiger partial charge in [0.15, 0.2) is 5.78 Å². The summed E-state index contributed by atoms with van der Waals surface area (Å²) in [5.41, 5.74) is 6.69. The lowest BCUT2D eigenvalue weighted by molar-refractivity contribution is -0.136. The second-order valence-electron chi connectivity index (χ2n) is 9.38. The number of Topliss-reactive ketones (excluding diaryl/α,β-unsaturated/α-hetero) is 1. The second kappa shape index (κ2) is 9.26. The highest BCUT2D eigenvalue weighted by atomic mass is 16.5. The first-order valence-corrected chi connectivity index (χ1v) is 10.8. The van der Waals surface area contributed by atoms with Crippen LogP contribution in [0.15, 0.2) is 24.3 Å². The van der Waals surface area contributed by atoms with Gasteiger partial charge >= 0.3 is 0 Å². The molecule has 2 N–H and O–H groups in total. The van der Waals surface area contributed by atoms with E-state index in [-0.39, 0.29) is 23.0 Å². The smallest absolute Gasteiger partial charge is 0.240 e. The summed E-state index contributed by atoms with van der Waals surface area (Å²) in [5, 5.41) is 0. The average Bonchev–Trinajstić information content (AvgIpc) is 3.55. The van der Waals surface area contributed by atoms with Crippen LogP contribution in [0.5, 0.6) is 5.75 Å². The minimum Gasteiger partial charge on any atom is -0.494 e. The van der Waals surface area contributed by atoms with Crippen molar-refractivity contribution in [2.75, 3.05) is 39.3 Å². The summed E-state index contributed by atoms with van der Waals surface area (Å²) in [6, 6.07) is 7.06. The summed E-state index contributed by atoms with van der Waals surface area (Å²) in [7, 11) is 0. The van der Waals surface area contributed by atoms with E-state index in [9.17, 15) is 9.59 Å². The van der Waals surface area contributed by atoms with Crippen LogP contribution in [0.3, 0.4) is 0 Å². The van der Waals surface area contributed by atoms with Gasteiger partial charge in [-0.25, -0.2) is 0 Å². The summed E-state index contributed by atoms with van der Waals surface area (Å²) in [4.78, 5) is 28.8. The maximum absolute atomic E-state index is 12.5. The van der Waals surface area contributed by atoms with Gasteiger partial charge in [0.05, 0.1) is 12.6 Å². The van der Waals surface area contributed by atoms with Gasteiger partial charge in [-0.2, -0.15) is 0 Å². The van der Waals surface area contributed by atoms with E-state index in [0.717, 1.165) is 63.3 Å². The molecular weight excluding hydrogens is 366 g/mol. The number of ketones is 1. The molecule has 0 unspecified atom stereocenters. The standard InChI is InChI=1S/C23H35N3O3/c1-23(2,3)21(24)22(28)26-14-12-25(13-15-26)11-4-16-29-19-9-7-18(8-10-19)20(27)17-5-6-17/h7-10,17,21H,4-6,11-16,24H2,1-3H3/t21-/m0/s1. The molecule has 1 aromatic carbocycles. The highest BCUT2D eigenvalue weighted by Crippen LogP contribution is 2.32. The molecule has 6 heteroatoms. The Labute approximate surface area is 174 Å². The van der Waals surface area contributed by atoms with Crippen LogP contribution in [-0.4, -0.2) is 66.9 Å². The number of hydrogen-bond donors (Lipinski definition) is 1. The summed E-state index contributed by atoms with van der Waals surface area (Å²) >= 11 is 0. The van der Waals surface area contributed by atoms with Crippen molar-refractivity contribution in [2.45, 2.75) is 46.1 Å². The number of piperazine rings is 1. The summed E-state index contributed by atoms with van der Waals surface area (Å²) in [5.74, 6) is 1.38. The van der Waals surface area contributed by atoms with E-state index in [4.69, 9.17) is 10.5 Å². The van der Waals surface area contributed by atoms with E-state index in [2.05, 4.69) is 4.90 Å². The number of amides is 1. The van der Waals surface area contributed by atoms with Crippen molar-refractivity contribution < 1.29 is 14.3 Å². The fraction of sp³-hybridized carbons (Fsp3) is 0.652. The van der Waals surface area contributed by atoms with Crippen LogP contribution < -0.4 is 10.5 Å². The second-order valence-corrected chi connectivity index (χ2v) is 9.38. The number of hydrogen-bond acceptors (Lipinski definition) is 5. The first-order valence-electron chi connectivity index (χ1n) is 10.8.